The number of thiocarbonyl (C=S) groups is 1. The third-order valence-corrected chi connectivity index (χ3v) is 2.61. The minimum absolute atomic E-state index is 0.143. The smallest absolute Gasteiger partial charge is 0.184 e. The summed E-state index contributed by atoms with van der Waals surface area (Å²) in [6.07, 6.45) is 1.68. The molecule has 2 rings (SSSR count). The SMILES string of the molecule is COc1ccc(C=NNC(N)=S)c2ccccc12. The van der Waals surface area contributed by atoms with Gasteiger partial charge in [0.15, 0.2) is 5.11 Å². The van der Waals surface area contributed by atoms with Gasteiger partial charge in [0.1, 0.15) is 5.75 Å². The first-order valence-electron chi connectivity index (χ1n) is 5.36. The van der Waals surface area contributed by atoms with Crippen molar-refractivity contribution in [2.75, 3.05) is 7.11 Å². The number of nitrogens with two attached hydrogens (primary N) is 1. The van der Waals surface area contributed by atoms with Gasteiger partial charge in [-0.25, -0.2) is 0 Å². The van der Waals surface area contributed by atoms with Gasteiger partial charge in [-0.05, 0) is 29.7 Å². The molecular formula is C13H13N3OS. The van der Waals surface area contributed by atoms with E-state index in [0.29, 0.717) is 0 Å². The molecule has 0 saturated carbocycles. The fourth-order valence-corrected chi connectivity index (χ4v) is 1.80. The van der Waals surface area contributed by atoms with E-state index in [2.05, 4.69) is 22.7 Å². The zero-order valence-electron chi connectivity index (χ0n) is 9.88. The molecule has 0 aliphatic carbocycles. The molecule has 0 radical (unpaired) electrons. The fraction of sp³-hybridized carbons (Fsp3) is 0.0769. The number of rotatable bonds is 3. The maximum Gasteiger partial charge on any atom is 0.184 e. The Balaban J connectivity index is 2.46. The highest BCUT2D eigenvalue weighted by Gasteiger charge is 2.03. The Labute approximate surface area is 110 Å². The summed E-state index contributed by atoms with van der Waals surface area (Å²) < 4.78 is 5.32. The van der Waals surface area contributed by atoms with Gasteiger partial charge in [0.2, 0.25) is 0 Å². The molecule has 0 aliphatic heterocycles. The van der Waals surface area contributed by atoms with Crippen LogP contribution in [-0.2, 0) is 0 Å². The maximum atomic E-state index is 5.32. The van der Waals surface area contributed by atoms with Gasteiger partial charge in [0.05, 0.1) is 13.3 Å². The van der Waals surface area contributed by atoms with E-state index in [9.17, 15) is 0 Å². The number of nitrogens with one attached hydrogen (secondary N) is 1. The molecule has 0 aliphatic rings. The number of hydrogen-bond donors (Lipinski definition) is 2. The van der Waals surface area contributed by atoms with Gasteiger partial charge in [-0.3, -0.25) is 5.43 Å². The number of fused-ring (bicyclic) bond motifs is 1. The average Bonchev–Trinajstić information content (AvgIpc) is 2.38. The van der Waals surface area contributed by atoms with Crippen LogP contribution in [0.1, 0.15) is 5.56 Å². The van der Waals surface area contributed by atoms with Crippen LogP contribution in [0.15, 0.2) is 41.5 Å². The Bertz CT molecular complexity index is 610. The van der Waals surface area contributed by atoms with Crippen LogP contribution >= 0.6 is 12.2 Å². The highest BCUT2D eigenvalue weighted by Crippen LogP contribution is 2.27. The number of benzene rings is 2. The Morgan fingerprint density at radius 1 is 1.28 bits per heavy atom. The van der Waals surface area contributed by atoms with E-state index in [1.165, 1.54) is 0 Å². The molecule has 0 aromatic heterocycles. The predicted molar refractivity (Wildman–Crippen MR) is 78.0 cm³/mol. The number of hydrogen-bond acceptors (Lipinski definition) is 3. The van der Waals surface area contributed by atoms with Crippen molar-refractivity contribution in [1.29, 1.82) is 0 Å². The lowest BCUT2D eigenvalue weighted by Crippen LogP contribution is -2.24. The second kappa shape index (κ2) is 5.46. The Morgan fingerprint density at radius 3 is 2.67 bits per heavy atom. The molecule has 0 bridgehead atoms. The molecule has 3 N–H and O–H groups in total. The van der Waals surface area contributed by atoms with Crippen LogP contribution in [0, 0.1) is 0 Å². The number of nitrogens with zero attached hydrogens (tertiary/aromatic N) is 1. The largest absolute Gasteiger partial charge is 0.496 e. The summed E-state index contributed by atoms with van der Waals surface area (Å²) in [5.74, 6) is 0.838. The quantitative estimate of drug-likeness (QED) is 0.503. The highest BCUT2D eigenvalue weighted by molar-refractivity contribution is 7.80. The summed E-state index contributed by atoms with van der Waals surface area (Å²) in [6, 6.07) is 11.8. The molecule has 92 valence electrons. The van der Waals surface area contributed by atoms with E-state index in [4.69, 9.17) is 10.5 Å². The Kier molecular flexibility index (Phi) is 3.74. The van der Waals surface area contributed by atoms with Crippen molar-refractivity contribution < 1.29 is 4.74 Å². The minimum atomic E-state index is 0.143. The molecule has 0 amide bonds. The van der Waals surface area contributed by atoms with Gasteiger partial charge in [0, 0.05) is 10.9 Å². The highest BCUT2D eigenvalue weighted by atomic mass is 32.1. The summed E-state index contributed by atoms with van der Waals surface area (Å²) in [5, 5.41) is 6.21. The van der Waals surface area contributed by atoms with Gasteiger partial charge in [-0.1, -0.05) is 24.3 Å². The Hall–Kier alpha value is -2.14. The van der Waals surface area contributed by atoms with Gasteiger partial charge < -0.3 is 10.5 Å². The van der Waals surface area contributed by atoms with Crippen LogP contribution in [0.2, 0.25) is 0 Å². The van der Waals surface area contributed by atoms with Gasteiger partial charge in [-0.15, -0.1) is 0 Å². The van der Waals surface area contributed by atoms with Crippen molar-refractivity contribution in [3.63, 3.8) is 0 Å². The molecule has 0 heterocycles. The molecule has 18 heavy (non-hydrogen) atoms. The van der Waals surface area contributed by atoms with E-state index in [1.807, 2.05) is 36.4 Å². The lowest BCUT2D eigenvalue weighted by atomic mass is 10.0. The van der Waals surface area contributed by atoms with Crippen LogP contribution in [0.25, 0.3) is 10.8 Å². The molecule has 2 aromatic rings. The van der Waals surface area contributed by atoms with Crippen molar-refractivity contribution in [2.24, 2.45) is 10.8 Å². The molecule has 4 nitrogen and oxygen atoms in total. The molecular weight excluding hydrogens is 246 g/mol. The van der Waals surface area contributed by atoms with Gasteiger partial charge in [-0.2, -0.15) is 5.10 Å². The van der Waals surface area contributed by atoms with Gasteiger partial charge in [0.25, 0.3) is 0 Å². The fourth-order valence-electron chi connectivity index (χ4n) is 1.75. The summed E-state index contributed by atoms with van der Waals surface area (Å²) in [4.78, 5) is 0. The van der Waals surface area contributed by atoms with Gasteiger partial charge >= 0.3 is 0 Å². The topological polar surface area (TPSA) is 59.6 Å². The second-order valence-electron chi connectivity index (χ2n) is 3.64. The normalized spacial score (nSPS) is 10.7. The first kappa shape index (κ1) is 12.3. The second-order valence-corrected chi connectivity index (χ2v) is 4.08. The van der Waals surface area contributed by atoms with Crippen molar-refractivity contribution >= 4 is 34.3 Å². The zero-order valence-corrected chi connectivity index (χ0v) is 10.7. The molecule has 0 spiro atoms. The average molecular weight is 259 g/mol. The first-order valence-corrected chi connectivity index (χ1v) is 5.77. The number of methoxy groups -OCH3 is 1. The molecule has 0 fully saturated rings. The third-order valence-electron chi connectivity index (χ3n) is 2.52. The van der Waals surface area contributed by atoms with E-state index in [1.54, 1.807) is 13.3 Å². The van der Waals surface area contributed by atoms with Crippen LogP contribution < -0.4 is 15.9 Å². The van der Waals surface area contributed by atoms with Crippen LogP contribution in [0.5, 0.6) is 5.75 Å². The van der Waals surface area contributed by atoms with Crippen molar-refractivity contribution in [3.8, 4) is 5.75 Å². The first-order chi connectivity index (χ1) is 8.72. The van der Waals surface area contributed by atoms with Crippen molar-refractivity contribution in [1.82, 2.24) is 5.43 Å². The lowest BCUT2D eigenvalue weighted by molar-refractivity contribution is 0.420. The van der Waals surface area contributed by atoms with Crippen LogP contribution in [-0.4, -0.2) is 18.4 Å². The van der Waals surface area contributed by atoms with Crippen molar-refractivity contribution in [3.05, 3.63) is 42.0 Å². The van der Waals surface area contributed by atoms with Crippen molar-refractivity contribution in [2.45, 2.75) is 0 Å². The Morgan fingerprint density at radius 2 is 2.00 bits per heavy atom. The van der Waals surface area contributed by atoms with E-state index in [0.717, 1.165) is 22.1 Å². The molecule has 2 aromatic carbocycles. The molecule has 0 saturated heterocycles. The third kappa shape index (κ3) is 2.57. The van der Waals surface area contributed by atoms with E-state index < -0.39 is 0 Å². The molecule has 0 atom stereocenters. The summed E-state index contributed by atoms with van der Waals surface area (Å²) in [5.41, 5.74) is 8.80. The minimum Gasteiger partial charge on any atom is -0.496 e. The van der Waals surface area contributed by atoms with E-state index in [-0.39, 0.29) is 5.11 Å². The maximum absolute atomic E-state index is 5.32. The van der Waals surface area contributed by atoms with E-state index >= 15 is 0 Å². The molecule has 5 heteroatoms. The number of ether oxygens (including phenoxy) is 1. The summed E-state index contributed by atoms with van der Waals surface area (Å²) in [6.45, 7) is 0. The standard InChI is InChI=1S/C13H13N3OS/c1-17-12-7-6-9(8-15-16-13(14)18)10-4-2-3-5-11(10)12/h2-8H,1H3,(H3,14,16,18). The van der Waals surface area contributed by atoms with Crippen LogP contribution in [0.4, 0.5) is 0 Å². The number of hydrazone groups is 1. The van der Waals surface area contributed by atoms with Crippen LogP contribution in [0.3, 0.4) is 0 Å². The zero-order chi connectivity index (χ0) is 13.0. The summed E-state index contributed by atoms with van der Waals surface area (Å²) in [7, 11) is 1.66. The summed E-state index contributed by atoms with van der Waals surface area (Å²) >= 11 is 4.68. The molecule has 0 unspecified atom stereocenters. The predicted octanol–water partition coefficient (Wildman–Crippen LogP) is 2.02. The monoisotopic (exact) mass is 259 g/mol. The lowest BCUT2D eigenvalue weighted by Gasteiger charge is -2.07.